The van der Waals surface area contributed by atoms with E-state index in [9.17, 15) is 0 Å². The molecule has 0 saturated heterocycles. The van der Waals surface area contributed by atoms with E-state index >= 15 is 0 Å². The van der Waals surface area contributed by atoms with Gasteiger partial charge in [0.25, 0.3) is 0 Å². The van der Waals surface area contributed by atoms with Gasteiger partial charge in [-0.1, -0.05) is 44.4 Å². The highest BCUT2D eigenvalue weighted by molar-refractivity contribution is 6.35. The number of aromatic nitrogens is 2. The van der Waals surface area contributed by atoms with E-state index in [0.29, 0.717) is 17.0 Å². The first-order valence-corrected chi connectivity index (χ1v) is 8.13. The van der Waals surface area contributed by atoms with Crippen LogP contribution in [0.1, 0.15) is 57.8 Å². The predicted octanol–water partition coefficient (Wildman–Crippen LogP) is 5.99. The third kappa shape index (κ3) is 2.68. The monoisotopic (exact) mass is 312 g/mol. The van der Waals surface area contributed by atoms with Crippen molar-refractivity contribution in [2.75, 3.05) is 0 Å². The first kappa shape index (κ1) is 15.7. The second-order valence-electron chi connectivity index (χ2n) is 5.38. The quantitative estimate of drug-likeness (QED) is 0.620. The number of halogens is 2. The van der Waals surface area contributed by atoms with Crippen molar-refractivity contribution in [1.29, 1.82) is 0 Å². The van der Waals surface area contributed by atoms with E-state index in [1.54, 1.807) is 0 Å². The third-order valence-corrected chi connectivity index (χ3v) is 4.69. The molecule has 20 heavy (non-hydrogen) atoms. The molecule has 2 nitrogen and oxygen atoms in total. The van der Waals surface area contributed by atoms with E-state index in [4.69, 9.17) is 23.2 Å². The molecular formula is C16H22Cl2N2. The zero-order valence-electron chi connectivity index (χ0n) is 12.5. The highest BCUT2D eigenvalue weighted by Gasteiger charge is 2.24. The lowest BCUT2D eigenvalue weighted by atomic mass is 9.95. The summed E-state index contributed by atoms with van der Waals surface area (Å²) >= 11 is 12.6. The van der Waals surface area contributed by atoms with Gasteiger partial charge in [0.15, 0.2) is 0 Å². The number of hydrogen-bond donors (Lipinski definition) is 0. The van der Waals surface area contributed by atoms with Crippen molar-refractivity contribution in [3.05, 3.63) is 29.0 Å². The number of nitrogens with zero attached hydrogens (tertiary/aromatic N) is 2. The Bertz CT molecular complexity index is 585. The largest absolute Gasteiger partial charge is 0.324 e. The Morgan fingerprint density at radius 1 is 1.20 bits per heavy atom. The minimum atomic E-state index is -0.129. The summed E-state index contributed by atoms with van der Waals surface area (Å²) in [5.74, 6) is 1.52. The molecule has 0 bridgehead atoms. The highest BCUT2D eigenvalue weighted by Crippen LogP contribution is 2.35. The van der Waals surface area contributed by atoms with Crippen molar-refractivity contribution >= 4 is 34.2 Å². The number of fused-ring (bicyclic) bond motifs is 1. The molecule has 1 aromatic heterocycles. The summed E-state index contributed by atoms with van der Waals surface area (Å²) in [6.45, 7) is 8.69. The van der Waals surface area contributed by atoms with Gasteiger partial charge in [0.1, 0.15) is 11.3 Å². The Hall–Kier alpha value is -0.730. The summed E-state index contributed by atoms with van der Waals surface area (Å²) in [4.78, 5) is 4.68. The average Bonchev–Trinajstić information content (AvgIpc) is 2.81. The first-order chi connectivity index (χ1) is 9.51. The summed E-state index contributed by atoms with van der Waals surface area (Å²) in [6, 6.07) is 6.30. The molecule has 0 radical (unpaired) electrons. The van der Waals surface area contributed by atoms with Gasteiger partial charge >= 0.3 is 0 Å². The lowest BCUT2D eigenvalue weighted by Gasteiger charge is -2.26. The molecule has 2 rings (SSSR count). The number of imidazole rings is 1. The van der Waals surface area contributed by atoms with Crippen molar-refractivity contribution < 1.29 is 0 Å². The van der Waals surface area contributed by atoms with Gasteiger partial charge in [-0.15, -0.1) is 11.6 Å². The van der Waals surface area contributed by atoms with Crippen LogP contribution in [0.5, 0.6) is 0 Å². The average molecular weight is 313 g/mol. The van der Waals surface area contributed by atoms with Crippen molar-refractivity contribution in [1.82, 2.24) is 9.55 Å². The Labute approximate surface area is 131 Å². The lowest BCUT2D eigenvalue weighted by molar-refractivity contribution is 0.332. The van der Waals surface area contributed by atoms with Crippen molar-refractivity contribution in [3.63, 3.8) is 0 Å². The number of benzene rings is 1. The summed E-state index contributed by atoms with van der Waals surface area (Å²) in [5.41, 5.74) is 1.94. The molecule has 2 aromatic rings. The van der Waals surface area contributed by atoms with Crippen LogP contribution in [0.3, 0.4) is 0 Å². The Kier molecular flexibility index (Phi) is 4.98. The predicted molar refractivity (Wildman–Crippen MR) is 87.8 cm³/mol. The second-order valence-corrected chi connectivity index (χ2v) is 6.44. The van der Waals surface area contributed by atoms with Crippen molar-refractivity contribution in [3.8, 4) is 0 Å². The first-order valence-electron chi connectivity index (χ1n) is 7.31. The molecular weight excluding hydrogens is 291 g/mol. The zero-order valence-corrected chi connectivity index (χ0v) is 14.0. The van der Waals surface area contributed by atoms with E-state index in [-0.39, 0.29) is 5.38 Å². The Morgan fingerprint density at radius 2 is 1.85 bits per heavy atom. The highest BCUT2D eigenvalue weighted by atomic mass is 35.5. The van der Waals surface area contributed by atoms with Crippen LogP contribution < -0.4 is 0 Å². The molecule has 0 N–H and O–H groups in total. The van der Waals surface area contributed by atoms with Crippen molar-refractivity contribution in [2.45, 2.75) is 52.0 Å². The lowest BCUT2D eigenvalue weighted by Crippen LogP contribution is -2.18. The number of para-hydroxylation sites is 1. The van der Waals surface area contributed by atoms with Crippen LogP contribution in [0.4, 0.5) is 0 Å². The molecule has 1 heterocycles. The van der Waals surface area contributed by atoms with Gasteiger partial charge in [-0.05, 0) is 31.9 Å². The molecule has 1 aromatic carbocycles. The molecule has 0 saturated carbocycles. The molecule has 4 heteroatoms. The topological polar surface area (TPSA) is 17.8 Å². The van der Waals surface area contributed by atoms with Crippen LogP contribution in [0.2, 0.25) is 5.02 Å². The second kappa shape index (κ2) is 6.36. The van der Waals surface area contributed by atoms with E-state index in [0.717, 1.165) is 29.7 Å². The SMILES string of the molecule is CCC(CC)C(C)n1c(C(C)Cl)nc2c(Cl)cccc21. The van der Waals surface area contributed by atoms with E-state index < -0.39 is 0 Å². The Balaban J connectivity index is 2.66. The van der Waals surface area contributed by atoms with Gasteiger partial charge < -0.3 is 4.57 Å². The van der Waals surface area contributed by atoms with E-state index in [1.807, 2.05) is 19.1 Å². The van der Waals surface area contributed by atoms with Crippen molar-refractivity contribution in [2.24, 2.45) is 5.92 Å². The minimum absolute atomic E-state index is 0.129. The van der Waals surface area contributed by atoms with Crippen LogP contribution in [0.15, 0.2) is 18.2 Å². The number of alkyl halides is 1. The maximum atomic E-state index is 6.34. The van der Waals surface area contributed by atoms with Gasteiger partial charge in [-0.3, -0.25) is 0 Å². The zero-order chi connectivity index (χ0) is 14.9. The molecule has 110 valence electrons. The third-order valence-electron chi connectivity index (χ3n) is 4.19. The summed E-state index contributed by atoms with van der Waals surface area (Å²) in [7, 11) is 0. The fourth-order valence-corrected chi connectivity index (χ4v) is 3.36. The number of hydrogen-bond acceptors (Lipinski definition) is 1. The fraction of sp³-hybridized carbons (Fsp3) is 0.562. The molecule has 2 atom stereocenters. The molecule has 0 aliphatic rings. The van der Waals surface area contributed by atoms with Gasteiger partial charge in [-0.2, -0.15) is 0 Å². The normalized spacial score (nSPS) is 14.9. The molecule has 0 spiro atoms. The Morgan fingerprint density at radius 3 is 2.40 bits per heavy atom. The van der Waals surface area contributed by atoms with Gasteiger partial charge in [0.2, 0.25) is 0 Å². The van der Waals surface area contributed by atoms with Crippen LogP contribution in [-0.4, -0.2) is 9.55 Å². The molecule has 0 amide bonds. The summed E-state index contributed by atoms with van der Waals surface area (Å²) in [6.07, 6.45) is 2.29. The minimum Gasteiger partial charge on any atom is -0.324 e. The van der Waals surface area contributed by atoms with Crippen LogP contribution in [0.25, 0.3) is 11.0 Å². The maximum absolute atomic E-state index is 6.34. The molecule has 0 fully saturated rings. The van der Waals surface area contributed by atoms with E-state index in [1.165, 1.54) is 0 Å². The standard InChI is InChI=1S/C16H22Cl2N2/c1-5-12(6-2)11(4)20-14-9-7-8-13(18)15(14)19-16(20)10(3)17/h7-12H,5-6H2,1-4H3. The van der Waals surface area contributed by atoms with Crippen LogP contribution in [0, 0.1) is 5.92 Å². The smallest absolute Gasteiger partial charge is 0.128 e. The molecule has 0 aliphatic carbocycles. The van der Waals surface area contributed by atoms with Gasteiger partial charge in [0, 0.05) is 6.04 Å². The molecule has 2 unspecified atom stereocenters. The van der Waals surface area contributed by atoms with Gasteiger partial charge in [0.05, 0.1) is 15.9 Å². The summed E-state index contributed by atoms with van der Waals surface area (Å²) < 4.78 is 2.27. The van der Waals surface area contributed by atoms with E-state index in [2.05, 4.69) is 36.4 Å². The van der Waals surface area contributed by atoms with Crippen LogP contribution >= 0.6 is 23.2 Å². The maximum Gasteiger partial charge on any atom is 0.128 e. The van der Waals surface area contributed by atoms with Gasteiger partial charge in [-0.25, -0.2) is 4.98 Å². The fourth-order valence-electron chi connectivity index (χ4n) is 2.99. The molecule has 0 aliphatic heterocycles. The summed E-state index contributed by atoms with van der Waals surface area (Å²) in [5, 5.41) is 0.562. The van der Waals surface area contributed by atoms with Crippen LogP contribution in [-0.2, 0) is 0 Å². The number of rotatable bonds is 5.